The van der Waals surface area contributed by atoms with Gasteiger partial charge in [-0.2, -0.15) is 0 Å². The molecule has 2 heterocycles. The number of pyridine rings is 1. The standard InChI is InChI=1S/C21H25ClN2O4/c1-6-26-13(2)15-7-8-18(17-10-23-19(22)9-16(15)17)27-14-11-24(12-14)20(25)28-21(3,4)5/h7-10,14H,2,6,11-12H2,1,3-5H3. The molecule has 1 aromatic heterocycles. The first-order valence-electron chi connectivity index (χ1n) is 9.23. The van der Waals surface area contributed by atoms with Crippen molar-refractivity contribution in [1.29, 1.82) is 0 Å². The molecule has 2 aromatic rings. The predicted octanol–water partition coefficient (Wildman–Crippen LogP) is 4.89. The molecular weight excluding hydrogens is 380 g/mol. The molecule has 150 valence electrons. The summed E-state index contributed by atoms with van der Waals surface area (Å²) in [6, 6.07) is 5.54. The zero-order valence-electron chi connectivity index (χ0n) is 16.6. The Hall–Kier alpha value is -2.47. The highest BCUT2D eigenvalue weighted by atomic mass is 35.5. The molecule has 28 heavy (non-hydrogen) atoms. The predicted molar refractivity (Wildman–Crippen MR) is 110 cm³/mol. The van der Waals surface area contributed by atoms with E-state index in [-0.39, 0.29) is 12.2 Å². The SMILES string of the molecule is C=C(OCC)c1ccc(OC2CN(C(=O)OC(C)(C)C)C2)c2cnc(Cl)cc12. The first-order valence-corrected chi connectivity index (χ1v) is 9.60. The van der Waals surface area contributed by atoms with Gasteiger partial charge in [-0.25, -0.2) is 9.78 Å². The number of aromatic nitrogens is 1. The van der Waals surface area contributed by atoms with E-state index in [1.165, 1.54) is 0 Å². The van der Waals surface area contributed by atoms with Gasteiger partial charge in [-0.05, 0) is 45.9 Å². The number of amides is 1. The number of hydrogen-bond donors (Lipinski definition) is 0. The summed E-state index contributed by atoms with van der Waals surface area (Å²) < 4.78 is 17.0. The second-order valence-electron chi connectivity index (χ2n) is 7.65. The van der Waals surface area contributed by atoms with Crippen molar-refractivity contribution in [3.8, 4) is 5.75 Å². The number of benzene rings is 1. The maximum atomic E-state index is 12.1. The molecule has 1 amide bonds. The molecule has 0 saturated carbocycles. The van der Waals surface area contributed by atoms with E-state index in [0.29, 0.717) is 36.4 Å². The lowest BCUT2D eigenvalue weighted by Gasteiger charge is -2.39. The molecule has 1 fully saturated rings. The number of hydrogen-bond acceptors (Lipinski definition) is 5. The van der Waals surface area contributed by atoms with E-state index in [2.05, 4.69) is 11.6 Å². The van der Waals surface area contributed by atoms with E-state index < -0.39 is 5.60 Å². The van der Waals surface area contributed by atoms with Crippen LogP contribution in [0.15, 0.2) is 31.0 Å². The van der Waals surface area contributed by atoms with Gasteiger partial charge in [0.2, 0.25) is 0 Å². The van der Waals surface area contributed by atoms with Crippen molar-refractivity contribution in [1.82, 2.24) is 9.88 Å². The topological polar surface area (TPSA) is 60.9 Å². The fourth-order valence-corrected chi connectivity index (χ4v) is 3.11. The number of likely N-dealkylation sites (tertiary alicyclic amines) is 1. The third-order valence-electron chi connectivity index (χ3n) is 4.24. The lowest BCUT2D eigenvalue weighted by Crippen LogP contribution is -2.57. The second-order valence-corrected chi connectivity index (χ2v) is 8.03. The van der Waals surface area contributed by atoms with Gasteiger partial charge in [-0.1, -0.05) is 18.2 Å². The van der Waals surface area contributed by atoms with Crippen LogP contribution in [0.25, 0.3) is 16.5 Å². The number of fused-ring (bicyclic) bond motifs is 1. The van der Waals surface area contributed by atoms with Crippen LogP contribution in [0, 0.1) is 0 Å². The maximum absolute atomic E-state index is 12.1. The van der Waals surface area contributed by atoms with Crippen LogP contribution < -0.4 is 4.74 Å². The normalized spacial score (nSPS) is 14.5. The second kappa shape index (κ2) is 7.87. The van der Waals surface area contributed by atoms with E-state index in [0.717, 1.165) is 16.3 Å². The Morgan fingerprint density at radius 1 is 1.32 bits per heavy atom. The minimum absolute atomic E-state index is 0.104. The van der Waals surface area contributed by atoms with Crippen LogP contribution in [0.2, 0.25) is 5.15 Å². The first-order chi connectivity index (χ1) is 13.2. The van der Waals surface area contributed by atoms with Gasteiger partial charge in [0, 0.05) is 22.5 Å². The third kappa shape index (κ3) is 4.50. The smallest absolute Gasteiger partial charge is 0.410 e. The van der Waals surface area contributed by atoms with Gasteiger partial charge in [0.15, 0.2) is 0 Å². The van der Waals surface area contributed by atoms with Crippen LogP contribution in [0.5, 0.6) is 5.75 Å². The van der Waals surface area contributed by atoms with Crippen molar-refractivity contribution in [3.05, 3.63) is 41.7 Å². The lowest BCUT2D eigenvalue weighted by atomic mass is 10.0. The number of carbonyl (C=O) groups excluding carboxylic acids is 1. The summed E-state index contributed by atoms with van der Waals surface area (Å²) in [6.07, 6.45) is 1.25. The minimum Gasteiger partial charge on any atom is -0.494 e. The molecule has 0 N–H and O–H groups in total. The van der Waals surface area contributed by atoms with Crippen LogP contribution in [0.3, 0.4) is 0 Å². The van der Waals surface area contributed by atoms with Crippen molar-refractivity contribution in [3.63, 3.8) is 0 Å². The van der Waals surface area contributed by atoms with Gasteiger partial charge in [-0.3, -0.25) is 0 Å². The number of halogens is 1. The number of ether oxygens (including phenoxy) is 3. The van der Waals surface area contributed by atoms with Gasteiger partial charge in [0.1, 0.15) is 28.4 Å². The van der Waals surface area contributed by atoms with Gasteiger partial charge in [0.25, 0.3) is 0 Å². The van der Waals surface area contributed by atoms with Crippen molar-refractivity contribution in [2.75, 3.05) is 19.7 Å². The average molecular weight is 405 g/mol. The molecule has 0 atom stereocenters. The minimum atomic E-state index is -0.511. The Morgan fingerprint density at radius 3 is 2.68 bits per heavy atom. The van der Waals surface area contributed by atoms with Crippen molar-refractivity contribution in [2.24, 2.45) is 0 Å². The summed E-state index contributed by atoms with van der Waals surface area (Å²) in [5.41, 5.74) is 0.334. The molecule has 0 spiro atoms. The van der Waals surface area contributed by atoms with E-state index in [1.54, 1.807) is 17.2 Å². The molecule has 0 radical (unpaired) electrons. The molecule has 1 aliphatic heterocycles. The Balaban J connectivity index is 1.76. The largest absolute Gasteiger partial charge is 0.494 e. The molecule has 1 saturated heterocycles. The Bertz CT molecular complexity index is 901. The Kier molecular flexibility index (Phi) is 5.70. The summed E-state index contributed by atoms with van der Waals surface area (Å²) in [4.78, 5) is 17.9. The molecule has 1 aromatic carbocycles. The number of rotatable bonds is 5. The Morgan fingerprint density at radius 2 is 2.04 bits per heavy atom. The third-order valence-corrected chi connectivity index (χ3v) is 4.45. The van der Waals surface area contributed by atoms with Crippen molar-refractivity contribution in [2.45, 2.75) is 39.4 Å². The molecular formula is C21H25ClN2O4. The van der Waals surface area contributed by atoms with Crippen molar-refractivity contribution >= 4 is 34.2 Å². The van der Waals surface area contributed by atoms with E-state index in [1.807, 2.05) is 39.8 Å². The molecule has 7 heteroatoms. The summed E-state index contributed by atoms with van der Waals surface area (Å²) >= 11 is 6.10. The molecule has 6 nitrogen and oxygen atoms in total. The zero-order valence-corrected chi connectivity index (χ0v) is 17.4. The average Bonchev–Trinajstić information content (AvgIpc) is 2.55. The monoisotopic (exact) mass is 404 g/mol. The quantitative estimate of drug-likeness (QED) is 0.524. The first kappa shape index (κ1) is 20.3. The highest BCUT2D eigenvalue weighted by molar-refractivity contribution is 6.30. The molecule has 1 aliphatic rings. The molecule has 0 unspecified atom stereocenters. The van der Waals surface area contributed by atoms with Gasteiger partial charge >= 0.3 is 6.09 Å². The molecule has 0 aliphatic carbocycles. The molecule has 0 bridgehead atoms. The number of nitrogens with zero attached hydrogens (tertiary/aromatic N) is 2. The van der Waals surface area contributed by atoms with Crippen LogP contribution in [0.1, 0.15) is 33.3 Å². The fraction of sp³-hybridized carbons (Fsp3) is 0.429. The summed E-state index contributed by atoms with van der Waals surface area (Å²) in [5, 5.41) is 2.06. The van der Waals surface area contributed by atoms with Gasteiger partial charge in [-0.15, -0.1) is 0 Å². The Labute approximate surface area is 170 Å². The highest BCUT2D eigenvalue weighted by Crippen LogP contribution is 2.34. The summed E-state index contributed by atoms with van der Waals surface area (Å²) in [5.74, 6) is 1.25. The fourth-order valence-electron chi connectivity index (χ4n) is 2.95. The van der Waals surface area contributed by atoms with Crippen LogP contribution in [-0.4, -0.2) is 47.4 Å². The lowest BCUT2D eigenvalue weighted by molar-refractivity contribution is -0.0217. The molecule has 3 rings (SSSR count). The van der Waals surface area contributed by atoms with Crippen molar-refractivity contribution < 1.29 is 19.0 Å². The van der Waals surface area contributed by atoms with Crippen LogP contribution in [0.4, 0.5) is 4.79 Å². The summed E-state index contributed by atoms with van der Waals surface area (Å²) in [7, 11) is 0. The van der Waals surface area contributed by atoms with Gasteiger partial charge in [0.05, 0.1) is 19.7 Å². The van der Waals surface area contributed by atoms with Gasteiger partial charge < -0.3 is 19.1 Å². The van der Waals surface area contributed by atoms with Crippen LogP contribution >= 0.6 is 11.6 Å². The van der Waals surface area contributed by atoms with E-state index in [4.69, 9.17) is 25.8 Å². The zero-order chi connectivity index (χ0) is 20.5. The van der Waals surface area contributed by atoms with E-state index in [9.17, 15) is 4.79 Å². The summed E-state index contributed by atoms with van der Waals surface area (Å²) in [6.45, 7) is 12.9. The van der Waals surface area contributed by atoms with Crippen LogP contribution in [-0.2, 0) is 9.47 Å². The highest BCUT2D eigenvalue weighted by Gasteiger charge is 2.35. The van der Waals surface area contributed by atoms with E-state index >= 15 is 0 Å². The maximum Gasteiger partial charge on any atom is 0.410 e. The number of carbonyl (C=O) groups is 1.